The van der Waals surface area contributed by atoms with Gasteiger partial charge < -0.3 is 4.74 Å². The number of hydrogen-bond acceptors (Lipinski definition) is 2. The Balaban J connectivity index is 1.68. The second kappa shape index (κ2) is 6.30. The van der Waals surface area contributed by atoms with E-state index in [2.05, 4.69) is 34.8 Å². The van der Waals surface area contributed by atoms with E-state index in [9.17, 15) is 4.79 Å². The van der Waals surface area contributed by atoms with Crippen molar-refractivity contribution in [3.63, 3.8) is 0 Å². The van der Waals surface area contributed by atoms with Crippen molar-refractivity contribution in [2.45, 2.75) is 71.8 Å². The van der Waals surface area contributed by atoms with E-state index in [1.807, 2.05) is 6.92 Å². The first-order chi connectivity index (χ1) is 10.5. The number of fused-ring (bicyclic) bond motifs is 1. The molecule has 0 spiro atoms. The van der Waals surface area contributed by atoms with Crippen molar-refractivity contribution in [2.75, 3.05) is 0 Å². The van der Waals surface area contributed by atoms with Gasteiger partial charge in [0.05, 0.1) is 5.92 Å². The van der Waals surface area contributed by atoms with Crippen LogP contribution in [0.4, 0.5) is 0 Å². The highest BCUT2D eigenvalue weighted by Gasteiger charge is 2.51. The minimum absolute atomic E-state index is 0.00915. The van der Waals surface area contributed by atoms with Gasteiger partial charge in [0.15, 0.2) is 0 Å². The summed E-state index contributed by atoms with van der Waals surface area (Å²) in [5.74, 6) is 2.29. The van der Waals surface area contributed by atoms with Gasteiger partial charge in [-0.1, -0.05) is 42.3 Å². The minimum atomic E-state index is 0.00915. The van der Waals surface area contributed by atoms with E-state index < -0.39 is 0 Å². The number of hydrogen-bond donors (Lipinski definition) is 0. The molecule has 1 aliphatic heterocycles. The number of esters is 1. The fraction of sp³-hybridized carbons (Fsp3) is 0.842. The van der Waals surface area contributed by atoms with Crippen LogP contribution in [0, 0.1) is 29.1 Å². The standard InChI is InChI=1S/C19H29BrO2/c1-12(9-15-10-13(2)18(21)22-15)16-6-7-17-14(11-20)5-4-8-19(16,17)3/h11-13,15-17H,4-10H2,1-3H3/b14-11+/t12-,13+,15+,16-,17?,19-/m1/s1. The van der Waals surface area contributed by atoms with Gasteiger partial charge in [-0.15, -0.1) is 0 Å². The Labute approximate surface area is 143 Å². The fourth-order valence-corrected chi connectivity index (χ4v) is 6.24. The second-order valence-electron chi connectivity index (χ2n) is 8.19. The van der Waals surface area contributed by atoms with Gasteiger partial charge in [0.2, 0.25) is 0 Å². The highest BCUT2D eigenvalue weighted by Crippen LogP contribution is 2.60. The van der Waals surface area contributed by atoms with E-state index in [0.29, 0.717) is 11.3 Å². The SMILES string of the molecule is C[C@H](C[C@H]1C[C@H](C)C(=O)O1)[C@H]1CCC2/C(=C/Br)CCC[C@@]21C. The number of ether oxygens (including phenoxy) is 1. The van der Waals surface area contributed by atoms with E-state index in [0.717, 1.165) is 24.7 Å². The molecule has 2 saturated carbocycles. The quantitative estimate of drug-likeness (QED) is 0.618. The average Bonchev–Trinajstić information content (AvgIpc) is 2.98. The largest absolute Gasteiger partial charge is 0.462 e. The molecule has 0 amide bonds. The molecule has 1 heterocycles. The molecule has 3 aliphatic rings. The molecule has 3 rings (SSSR count). The molecule has 0 aromatic rings. The van der Waals surface area contributed by atoms with Gasteiger partial charge in [-0.25, -0.2) is 0 Å². The summed E-state index contributed by atoms with van der Waals surface area (Å²) >= 11 is 3.59. The highest BCUT2D eigenvalue weighted by atomic mass is 79.9. The van der Waals surface area contributed by atoms with Crippen LogP contribution < -0.4 is 0 Å². The molecule has 3 fully saturated rings. The summed E-state index contributed by atoms with van der Waals surface area (Å²) in [6.45, 7) is 6.90. The van der Waals surface area contributed by atoms with Crippen molar-refractivity contribution in [3.05, 3.63) is 10.6 Å². The molecular weight excluding hydrogens is 340 g/mol. The van der Waals surface area contributed by atoms with Crippen molar-refractivity contribution < 1.29 is 9.53 Å². The van der Waals surface area contributed by atoms with Crippen LogP contribution in [0.15, 0.2) is 10.6 Å². The predicted molar refractivity (Wildman–Crippen MR) is 92.6 cm³/mol. The Hall–Kier alpha value is -0.310. The third kappa shape index (κ3) is 2.79. The van der Waals surface area contributed by atoms with Crippen molar-refractivity contribution in [1.29, 1.82) is 0 Å². The van der Waals surface area contributed by atoms with E-state index in [1.165, 1.54) is 32.1 Å². The second-order valence-corrected chi connectivity index (χ2v) is 8.65. The Bertz CT molecular complexity index is 472. The molecule has 2 nitrogen and oxygen atoms in total. The lowest BCUT2D eigenvalue weighted by Gasteiger charge is -2.44. The van der Waals surface area contributed by atoms with E-state index >= 15 is 0 Å². The molecule has 2 aliphatic carbocycles. The molecule has 1 saturated heterocycles. The fourth-order valence-electron chi connectivity index (χ4n) is 5.69. The summed E-state index contributed by atoms with van der Waals surface area (Å²) in [6.07, 6.45) is 8.76. The Kier molecular flexibility index (Phi) is 4.74. The van der Waals surface area contributed by atoms with Gasteiger partial charge in [0.1, 0.15) is 6.10 Å². The summed E-state index contributed by atoms with van der Waals surface area (Å²) in [5.41, 5.74) is 2.08. The first kappa shape index (κ1) is 16.5. The zero-order valence-corrected chi connectivity index (χ0v) is 15.7. The Morgan fingerprint density at radius 2 is 2.23 bits per heavy atom. The van der Waals surface area contributed by atoms with Crippen LogP contribution in [0.2, 0.25) is 0 Å². The van der Waals surface area contributed by atoms with Crippen molar-refractivity contribution in [2.24, 2.45) is 29.1 Å². The van der Waals surface area contributed by atoms with Crippen LogP contribution in [0.1, 0.15) is 65.7 Å². The summed E-state index contributed by atoms with van der Waals surface area (Å²) in [4.78, 5) is 13.8. The molecule has 3 heteroatoms. The number of carbonyl (C=O) groups excluding carboxylic acids is 1. The molecule has 6 atom stereocenters. The summed E-state index contributed by atoms with van der Waals surface area (Å²) in [5, 5.41) is 0. The van der Waals surface area contributed by atoms with Gasteiger partial charge in [0, 0.05) is 0 Å². The van der Waals surface area contributed by atoms with Crippen molar-refractivity contribution in [1.82, 2.24) is 0 Å². The van der Waals surface area contributed by atoms with E-state index in [4.69, 9.17) is 4.74 Å². The van der Waals surface area contributed by atoms with Gasteiger partial charge in [0.25, 0.3) is 0 Å². The van der Waals surface area contributed by atoms with Gasteiger partial charge in [-0.05, 0) is 73.1 Å². The maximum atomic E-state index is 11.6. The molecule has 22 heavy (non-hydrogen) atoms. The number of rotatable bonds is 3. The topological polar surface area (TPSA) is 26.3 Å². The summed E-state index contributed by atoms with van der Waals surface area (Å²) in [6, 6.07) is 0. The molecule has 0 N–H and O–H groups in total. The van der Waals surface area contributed by atoms with Gasteiger partial charge in [-0.3, -0.25) is 4.79 Å². The van der Waals surface area contributed by atoms with Crippen molar-refractivity contribution in [3.8, 4) is 0 Å². The summed E-state index contributed by atoms with van der Waals surface area (Å²) in [7, 11) is 0. The number of carbonyl (C=O) groups is 1. The number of cyclic esters (lactones) is 1. The van der Waals surface area contributed by atoms with Crippen LogP contribution in [0.3, 0.4) is 0 Å². The van der Waals surface area contributed by atoms with Crippen LogP contribution in [-0.2, 0) is 9.53 Å². The molecule has 1 unspecified atom stereocenters. The third-order valence-electron chi connectivity index (χ3n) is 6.80. The third-order valence-corrected chi connectivity index (χ3v) is 7.39. The van der Waals surface area contributed by atoms with E-state index in [1.54, 1.807) is 5.57 Å². The first-order valence-electron chi connectivity index (χ1n) is 8.95. The number of halogens is 1. The van der Waals surface area contributed by atoms with Crippen LogP contribution in [0.25, 0.3) is 0 Å². The monoisotopic (exact) mass is 368 g/mol. The molecule has 0 aromatic carbocycles. The molecule has 0 radical (unpaired) electrons. The normalized spacial score (nSPS) is 44.9. The van der Waals surface area contributed by atoms with Gasteiger partial charge in [-0.2, -0.15) is 0 Å². The number of allylic oxidation sites excluding steroid dienone is 1. The van der Waals surface area contributed by atoms with Crippen LogP contribution >= 0.6 is 15.9 Å². The van der Waals surface area contributed by atoms with Crippen LogP contribution in [-0.4, -0.2) is 12.1 Å². The summed E-state index contributed by atoms with van der Waals surface area (Å²) < 4.78 is 5.56. The lowest BCUT2D eigenvalue weighted by atomic mass is 9.61. The maximum absolute atomic E-state index is 11.6. The zero-order chi connectivity index (χ0) is 15.9. The highest BCUT2D eigenvalue weighted by molar-refractivity contribution is 9.11. The lowest BCUT2D eigenvalue weighted by Crippen LogP contribution is -2.36. The first-order valence-corrected chi connectivity index (χ1v) is 9.87. The van der Waals surface area contributed by atoms with Crippen LogP contribution in [0.5, 0.6) is 0 Å². The molecule has 0 bridgehead atoms. The van der Waals surface area contributed by atoms with Gasteiger partial charge >= 0.3 is 5.97 Å². The average molecular weight is 369 g/mol. The smallest absolute Gasteiger partial charge is 0.309 e. The lowest BCUT2D eigenvalue weighted by molar-refractivity contribution is -0.144. The van der Waals surface area contributed by atoms with Crippen molar-refractivity contribution >= 4 is 21.9 Å². The molecular formula is C19H29BrO2. The predicted octanol–water partition coefficient (Wildman–Crippen LogP) is 5.46. The minimum Gasteiger partial charge on any atom is -0.462 e. The zero-order valence-electron chi connectivity index (χ0n) is 14.1. The Morgan fingerprint density at radius 1 is 1.45 bits per heavy atom. The molecule has 0 aromatic heterocycles. The molecule has 124 valence electrons. The van der Waals surface area contributed by atoms with E-state index in [-0.39, 0.29) is 18.0 Å². The Morgan fingerprint density at radius 3 is 2.86 bits per heavy atom. The maximum Gasteiger partial charge on any atom is 0.309 e.